The van der Waals surface area contributed by atoms with Crippen molar-refractivity contribution in [2.45, 2.75) is 77.2 Å². The van der Waals surface area contributed by atoms with E-state index in [1.807, 2.05) is 0 Å². The quantitative estimate of drug-likeness (QED) is 0.741. The molecule has 3 atom stereocenters. The average molecular weight is 266 g/mol. The molecular weight excluding hydrogens is 232 g/mol. The lowest BCUT2D eigenvalue weighted by Crippen LogP contribution is -2.56. The third kappa shape index (κ3) is 3.72. The minimum absolute atomic E-state index is 0.261. The van der Waals surface area contributed by atoms with Crippen LogP contribution < -0.4 is 5.73 Å². The number of nitrogens with zero attached hydrogens (tertiary/aromatic N) is 1. The van der Waals surface area contributed by atoms with Crippen molar-refractivity contribution in [1.29, 1.82) is 0 Å². The van der Waals surface area contributed by atoms with Crippen LogP contribution in [0.25, 0.3) is 0 Å². The van der Waals surface area contributed by atoms with Crippen LogP contribution in [0.2, 0.25) is 0 Å². The molecule has 0 radical (unpaired) electrons. The molecule has 1 aliphatic carbocycles. The van der Waals surface area contributed by atoms with Crippen molar-refractivity contribution < 1.29 is 0 Å². The van der Waals surface area contributed by atoms with Crippen LogP contribution in [-0.2, 0) is 0 Å². The maximum atomic E-state index is 6.15. The summed E-state index contributed by atoms with van der Waals surface area (Å²) in [4.78, 5) is 2.75. The molecule has 0 aromatic rings. The maximum Gasteiger partial charge on any atom is 0.0303 e. The van der Waals surface area contributed by atoms with Crippen LogP contribution in [0.5, 0.6) is 0 Å². The first kappa shape index (κ1) is 15.3. The molecule has 2 rings (SSSR count). The topological polar surface area (TPSA) is 29.3 Å². The zero-order valence-corrected chi connectivity index (χ0v) is 13.2. The van der Waals surface area contributed by atoms with E-state index in [0.29, 0.717) is 0 Å². The van der Waals surface area contributed by atoms with Gasteiger partial charge in [-0.3, -0.25) is 4.90 Å². The van der Waals surface area contributed by atoms with Gasteiger partial charge >= 0.3 is 0 Å². The lowest BCUT2D eigenvalue weighted by Gasteiger charge is -2.49. The number of hydrogen-bond donors (Lipinski definition) is 1. The molecule has 0 spiro atoms. The van der Waals surface area contributed by atoms with Crippen molar-refractivity contribution in [3.63, 3.8) is 0 Å². The fourth-order valence-corrected chi connectivity index (χ4v) is 4.24. The molecule has 3 unspecified atom stereocenters. The van der Waals surface area contributed by atoms with E-state index in [-0.39, 0.29) is 5.54 Å². The second-order valence-electron chi connectivity index (χ2n) is 7.20. The molecule has 0 amide bonds. The minimum Gasteiger partial charge on any atom is -0.329 e. The van der Waals surface area contributed by atoms with Crippen LogP contribution in [0.15, 0.2) is 0 Å². The lowest BCUT2D eigenvalue weighted by atomic mass is 9.73. The third-order valence-electron chi connectivity index (χ3n) is 5.81. The molecule has 1 saturated carbocycles. The van der Waals surface area contributed by atoms with Crippen LogP contribution in [0.1, 0.15) is 71.6 Å². The van der Waals surface area contributed by atoms with Gasteiger partial charge < -0.3 is 5.73 Å². The van der Waals surface area contributed by atoms with E-state index in [2.05, 4.69) is 18.7 Å². The Kier molecular flexibility index (Phi) is 5.70. The normalized spacial score (nSPS) is 31.7. The molecule has 2 N–H and O–H groups in total. The van der Waals surface area contributed by atoms with E-state index in [1.54, 1.807) is 0 Å². The summed E-state index contributed by atoms with van der Waals surface area (Å²) in [6.45, 7) is 8.14. The van der Waals surface area contributed by atoms with Gasteiger partial charge in [0.25, 0.3) is 0 Å². The molecule has 19 heavy (non-hydrogen) atoms. The number of rotatable bonds is 6. The predicted octanol–water partition coefficient (Wildman–Crippen LogP) is 3.80. The molecule has 2 fully saturated rings. The Morgan fingerprint density at radius 1 is 1.11 bits per heavy atom. The second kappa shape index (κ2) is 7.08. The van der Waals surface area contributed by atoms with E-state index in [4.69, 9.17) is 5.73 Å². The highest BCUT2D eigenvalue weighted by Gasteiger charge is 2.38. The largest absolute Gasteiger partial charge is 0.329 e. The highest BCUT2D eigenvalue weighted by molar-refractivity contribution is 4.93. The van der Waals surface area contributed by atoms with Gasteiger partial charge in [-0.1, -0.05) is 45.4 Å². The number of piperidine rings is 1. The van der Waals surface area contributed by atoms with Gasteiger partial charge in [0.05, 0.1) is 0 Å². The SMILES string of the molecule is CCCCCC(C)(CN)N1CCC2CCCCC2C1. The van der Waals surface area contributed by atoms with Gasteiger partial charge in [-0.05, 0) is 44.6 Å². The van der Waals surface area contributed by atoms with Crippen molar-refractivity contribution >= 4 is 0 Å². The summed E-state index contributed by atoms with van der Waals surface area (Å²) in [6, 6.07) is 0. The molecule has 2 nitrogen and oxygen atoms in total. The molecule has 112 valence electrons. The maximum absolute atomic E-state index is 6.15. The smallest absolute Gasteiger partial charge is 0.0303 e. The van der Waals surface area contributed by atoms with Gasteiger partial charge in [-0.15, -0.1) is 0 Å². The second-order valence-corrected chi connectivity index (χ2v) is 7.20. The monoisotopic (exact) mass is 266 g/mol. The molecule has 1 aliphatic heterocycles. The van der Waals surface area contributed by atoms with E-state index in [9.17, 15) is 0 Å². The predicted molar refractivity (Wildman–Crippen MR) is 83.2 cm³/mol. The summed E-state index contributed by atoms with van der Waals surface area (Å²) < 4.78 is 0. The first-order chi connectivity index (χ1) is 9.19. The molecule has 2 aliphatic rings. The number of nitrogens with two attached hydrogens (primary N) is 1. The van der Waals surface area contributed by atoms with Crippen molar-refractivity contribution in [2.24, 2.45) is 17.6 Å². The highest BCUT2D eigenvalue weighted by atomic mass is 15.2. The summed E-state index contributed by atoms with van der Waals surface area (Å²) in [5.41, 5.74) is 6.41. The van der Waals surface area contributed by atoms with Gasteiger partial charge in [-0.25, -0.2) is 0 Å². The summed E-state index contributed by atoms with van der Waals surface area (Å²) in [5, 5.41) is 0. The fraction of sp³-hybridized carbons (Fsp3) is 1.00. The van der Waals surface area contributed by atoms with Gasteiger partial charge in [0.1, 0.15) is 0 Å². The van der Waals surface area contributed by atoms with Gasteiger partial charge in [0.15, 0.2) is 0 Å². The first-order valence-corrected chi connectivity index (χ1v) is 8.64. The van der Waals surface area contributed by atoms with E-state index >= 15 is 0 Å². The third-order valence-corrected chi connectivity index (χ3v) is 5.81. The van der Waals surface area contributed by atoms with Crippen LogP contribution in [0.3, 0.4) is 0 Å². The van der Waals surface area contributed by atoms with Crippen molar-refractivity contribution in [3.8, 4) is 0 Å². The molecule has 1 saturated heterocycles. The lowest BCUT2D eigenvalue weighted by molar-refractivity contribution is 0.0106. The standard InChI is InChI=1S/C17H34N2/c1-3-4-7-11-17(2,14-18)19-12-10-15-8-5-6-9-16(15)13-19/h15-16H,3-14,18H2,1-2H3. The number of fused-ring (bicyclic) bond motifs is 1. The average Bonchev–Trinajstić information content (AvgIpc) is 2.47. The van der Waals surface area contributed by atoms with Gasteiger partial charge in [0, 0.05) is 18.6 Å². The Morgan fingerprint density at radius 2 is 1.84 bits per heavy atom. The summed E-state index contributed by atoms with van der Waals surface area (Å²) in [7, 11) is 0. The Hall–Kier alpha value is -0.0800. The van der Waals surface area contributed by atoms with Crippen molar-refractivity contribution in [2.75, 3.05) is 19.6 Å². The van der Waals surface area contributed by atoms with Gasteiger partial charge in [0.2, 0.25) is 0 Å². The summed E-state index contributed by atoms with van der Waals surface area (Å²) in [6.07, 6.45) is 12.6. The zero-order chi connectivity index (χ0) is 13.7. The molecule has 0 aromatic carbocycles. The zero-order valence-electron chi connectivity index (χ0n) is 13.2. The van der Waals surface area contributed by atoms with E-state index < -0.39 is 0 Å². The summed E-state index contributed by atoms with van der Waals surface area (Å²) >= 11 is 0. The number of unbranched alkanes of at least 4 members (excludes halogenated alkanes) is 2. The minimum atomic E-state index is 0.261. The molecule has 0 aromatic heterocycles. The Labute approximate surface area is 120 Å². The first-order valence-electron chi connectivity index (χ1n) is 8.64. The van der Waals surface area contributed by atoms with Crippen molar-refractivity contribution in [3.05, 3.63) is 0 Å². The van der Waals surface area contributed by atoms with Crippen LogP contribution in [-0.4, -0.2) is 30.1 Å². The molecular formula is C17H34N2. The number of hydrogen-bond acceptors (Lipinski definition) is 2. The van der Waals surface area contributed by atoms with Crippen LogP contribution in [0.4, 0.5) is 0 Å². The van der Waals surface area contributed by atoms with Crippen LogP contribution >= 0.6 is 0 Å². The van der Waals surface area contributed by atoms with E-state index in [0.717, 1.165) is 18.4 Å². The van der Waals surface area contributed by atoms with E-state index in [1.165, 1.54) is 70.9 Å². The van der Waals surface area contributed by atoms with Crippen LogP contribution in [0, 0.1) is 11.8 Å². The highest BCUT2D eigenvalue weighted by Crippen LogP contribution is 2.38. The molecule has 2 heteroatoms. The van der Waals surface area contributed by atoms with Crippen molar-refractivity contribution in [1.82, 2.24) is 4.90 Å². The molecule has 0 bridgehead atoms. The summed E-state index contributed by atoms with van der Waals surface area (Å²) in [5.74, 6) is 2.00. The Bertz CT molecular complexity index is 266. The Balaban J connectivity index is 1.91. The number of likely N-dealkylation sites (tertiary alicyclic amines) is 1. The van der Waals surface area contributed by atoms with Gasteiger partial charge in [-0.2, -0.15) is 0 Å². The fourth-order valence-electron chi connectivity index (χ4n) is 4.24. The molecule has 1 heterocycles. The Morgan fingerprint density at radius 3 is 2.53 bits per heavy atom.